The van der Waals surface area contributed by atoms with Crippen LogP contribution in [0, 0.1) is 0 Å². The number of hydrogen-bond donors (Lipinski definition) is 1. The largest absolute Gasteiger partial charge is 0.330 e. The third kappa shape index (κ3) is 1.88. The number of imidazole rings is 1. The Morgan fingerprint density at radius 2 is 2.20 bits per heavy atom. The van der Waals surface area contributed by atoms with E-state index in [0.29, 0.717) is 12.5 Å². The van der Waals surface area contributed by atoms with E-state index in [4.69, 9.17) is 5.73 Å². The van der Waals surface area contributed by atoms with E-state index in [2.05, 4.69) is 35.5 Å². The molecule has 0 aliphatic rings. The van der Waals surface area contributed by atoms with Crippen molar-refractivity contribution >= 4 is 5.65 Å². The summed E-state index contributed by atoms with van der Waals surface area (Å²) in [4.78, 5) is 4.58. The molecule has 0 atom stereocenters. The van der Waals surface area contributed by atoms with Gasteiger partial charge >= 0.3 is 0 Å². The van der Waals surface area contributed by atoms with Gasteiger partial charge in [0.1, 0.15) is 5.65 Å². The van der Waals surface area contributed by atoms with E-state index in [0.717, 1.165) is 17.8 Å². The Balaban J connectivity index is 2.54. The molecule has 0 aromatic carbocycles. The number of aromatic nitrogens is 2. The van der Waals surface area contributed by atoms with Gasteiger partial charge in [0.15, 0.2) is 0 Å². The average Bonchev–Trinajstić information content (AvgIpc) is 2.63. The molecule has 0 amide bonds. The van der Waals surface area contributed by atoms with E-state index in [1.165, 1.54) is 5.69 Å². The van der Waals surface area contributed by atoms with Crippen molar-refractivity contribution in [3.63, 3.8) is 0 Å². The monoisotopic (exact) mass is 203 g/mol. The van der Waals surface area contributed by atoms with Crippen LogP contribution in [-0.2, 0) is 6.42 Å². The molecular weight excluding hydrogens is 186 g/mol. The summed E-state index contributed by atoms with van der Waals surface area (Å²) >= 11 is 0. The minimum absolute atomic E-state index is 0.468. The van der Waals surface area contributed by atoms with Gasteiger partial charge in [-0.1, -0.05) is 19.9 Å². The fourth-order valence-electron chi connectivity index (χ4n) is 1.72. The zero-order valence-electron chi connectivity index (χ0n) is 9.27. The van der Waals surface area contributed by atoms with Crippen molar-refractivity contribution in [1.82, 2.24) is 9.38 Å². The van der Waals surface area contributed by atoms with E-state index in [-0.39, 0.29) is 0 Å². The van der Waals surface area contributed by atoms with Crippen molar-refractivity contribution in [2.24, 2.45) is 5.73 Å². The molecule has 0 radical (unpaired) electrons. The molecule has 3 nitrogen and oxygen atoms in total. The lowest BCUT2D eigenvalue weighted by molar-refractivity contribution is 0.831. The minimum atomic E-state index is 0.468. The van der Waals surface area contributed by atoms with Gasteiger partial charge in [-0.05, 0) is 24.6 Å². The van der Waals surface area contributed by atoms with Crippen LogP contribution in [0.15, 0.2) is 24.4 Å². The molecule has 2 aromatic rings. The van der Waals surface area contributed by atoms with Crippen molar-refractivity contribution in [3.05, 3.63) is 35.8 Å². The highest BCUT2D eigenvalue weighted by Gasteiger charge is 2.07. The molecule has 3 heteroatoms. The highest BCUT2D eigenvalue weighted by molar-refractivity contribution is 5.42. The predicted octanol–water partition coefficient (Wildman–Crippen LogP) is 1.96. The molecule has 80 valence electrons. The van der Waals surface area contributed by atoms with Gasteiger partial charge < -0.3 is 10.1 Å². The Morgan fingerprint density at radius 3 is 2.87 bits per heavy atom. The summed E-state index contributed by atoms with van der Waals surface area (Å²) in [6.07, 6.45) is 3.01. The van der Waals surface area contributed by atoms with Crippen LogP contribution < -0.4 is 5.73 Å². The van der Waals surface area contributed by atoms with Crippen LogP contribution in [0.2, 0.25) is 0 Å². The van der Waals surface area contributed by atoms with Crippen molar-refractivity contribution in [2.75, 3.05) is 6.54 Å². The molecule has 0 unspecified atom stereocenters. The molecule has 2 aromatic heterocycles. The van der Waals surface area contributed by atoms with Gasteiger partial charge in [0.05, 0.1) is 5.69 Å². The SMILES string of the molecule is CC(C)c1cn2c(CCN)cccc2n1. The number of nitrogens with two attached hydrogens (primary N) is 1. The molecule has 0 spiro atoms. The Bertz CT molecular complexity index is 457. The van der Waals surface area contributed by atoms with E-state index < -0.39 is 0 Å². The van der Waals surface area contributed by atoms with Gasteiger partial charge in [0.2, 0.25) is 0 Å². The number of nitrogens with zero attached hydrogens (tertiary/aromatic N) is 2. The Hall–Kier alpha value is -1.35. The van der Waals surface area contributed by atoms with Gasteiger partial charge in [0, 0.05) is 18.3 Å². The van der Waals surface area contributed by atoms with E-state index in [9.17, 15) is 0 Å². The molecule has 0 bridgehead atoms. The standard InChI is InChI=1S/C12H17N3/c1-9(2)11-8-15-10(6-7-13)4-3-5-12(15)14-11/h3-5,8-9H,6-7,13H2,1-2H3. The molecule has 0 aliphatic carbocycles. The summed E-state index contributed by atoms with van der Waals surface area (Å²) in [6, 6.07) is 6.18. The van der Waals surface area contributed by atoms with Crippen LogP contribution in [0.3, 0.4) is 0 Å². The first-order valence-corrected chi connectivity index (χ1v) is 5.39. The fourth-order valence-corrected chi connectivity index (χ4v) is 1.72. The Labute approximate surface area is 89.9 Å². The normalized spacial score (nSPS) is 11.5. The van der Waals surface area contributed by atoms with Crippen LogP contribution in [-0.4, -0.2) is 15.9 Å². The highest BCUT2D eigenvalue weighted by atomic mass is 15.0. The summed E-state index contributed by atoms with van der Waals surface area (Å²) in [5.41, 5.74) is 8.97. The lowest BCUT2D eigenvalue weighted by Gasteiger charge is -2.02. The summed E-state index contributed by atoms with van der Waals surface area (Å²) in [5, 5.41) is 0. The van der Waals surface area contributed by atoms with Gasteiger partial charge in [-0.3, -0.25) is 0 Å². The molecule has 0 fully saturated rings. The Kier molecular flexibility index (Phi) is 2.73. The molecule has 2 N–H and O–H groups in total. The van der Waals surface area contributed by atoms with Crippen molar-refractivity contribution in [1.29, 1.82) is 0 Å². The number of fused-ring (bicyclic) bond motifs is 1. The molecular formula is C12H17N3. The summed E-state index contributed by atoms with van der Waals surface area (Å²) in [5.74, 6) is 0.468. The second kappa shape index (κ2) is 4.03. The van der Waals surface area contributed by atoms with Gasteiger partial charge in [0.25, 0.3) is 0 Å². The molecule has 15 heavy (non-hydrogen) atoms. The summed E-state index contributed by atoms with van der Waals surface area (Å²) < 4.78 is 2.14. The van der Waals surface area contributed by atoms with Crippen molar-refractivity contribution in [3.8, 4) is 0 Å². The van der Waals surface area contributed by atoms with Crippen molar-refractivity contribution < 1.29 is 0 Å². The quantitative estimate of drug-likeness (QED) is 0.828. The average molecular weight is 203 g/mol. The molecule has 0 saturated heterocycles. The maximum Gasteiger partial charge on any atom is 0.137 e. The van der Waals surface area contributed by atoms with E-state index in [1.807, 2.05) is 12.1 Å². The first-order valence-electron chi connectivity index (χ1n) is 5.39. The smallest absolute Gasteiger partial charge is 0.137 e. The minimum Gasteiger partial charge on any atom is -0.330 e. The number of pyridine rings is 1. The topological polar surface area (TPSA) is 43.3 Å². The zero-order valence-corrected chi connectivity index (χ0v) is 9.27. The third-order valence-corrected chi connectivity index (χ3v) is 2.59. The molecule has 0 saturated carbocycles. The van der Waals surface area contributed by atoms with Crippen molar-refractivity contribution in [2.45, 2.75) is 26.2 Å². The van der Waals surface area contributed by atoms with Crippen LogP contribution >= 0.6 is 0 Å². The van der Waals surface area contributed by atoms with Crippen LogP contribution in [0.25, 0.3) is 5.65 Å². The van der Waals surface area contributed by atoms with Gasteiger partial charge in [-0.25, -0.2) is 4.98 Å². The summed E-state index contributed by atoms with van der Waals surface area (Å²) in [7, 11) is 0. The van der Waals surface area contributed by atoms with Crippen LogP contribution in [0.4, 0.5) is 0 Å². The van der Waals surface area contributed by atoms with E-state index in [1.54, 1.807) is 0 Å². The Morgan fingerprint density at radius 1 is 1.40 bits per heavy atom. The fraction of sp³-hybridized carbons (Fsp3) is 0.417. The number of rotatable bonds is 3. The highest BCUT2D eigenvalue weighted by Crippen LogP contribution is 2.16. The molecule has 2 heterocycles. The second-order valence-electron chi connectivity index (χ2n) is 4.10. The number of hydrogen-bond acceptors (Lipinski definition) is 2. The maximum absolute atomic E-state index is 5.58. The lowest BCUT2D eigenvalue weighted by atomic mass is 10.2. The maximum atomic E-state index is 5.58. The van der Waals surface area contributed by atoms with Crippen LogP contribution in [0.1, 0.15) is 31.2 Å². The first-order chi connectivity index (χ1) is 7.22. The lowest BCUT2D eigenvalue weighted by Crippen LogP contribution is -2.06. The van der Waals surface area contributed by atoms with Gasteiger partial charge in [-0.2, -0.15) is 0 Å². The third-order valence-electron chi connectivity index (χ3n) is 2.59. The second-order valence-corrected chi connectivity index (χ2v) is 4.10. The van der Waals surface area contributed by atoms with Gasteiger partial charge in [-0.15, -0.1) is 0 Å². The molecule has 0 aliphatic heterocycles. The molecule has 2 rings (SSSR count). The zero-order chi connectivity index (χ0) is 10.8. The van der Waals surface area contributed by atoms with E-state index >= 15 is 0 Å². The predicted molar refractivity (Wildman–Crippen MR) is 62.0 cm³/mol. The van der Waals surface area contributed by atoms with Crippen LogP contribution in [0.5, 0.6) is 0 Å². The summed E-state index contributed by atoms with van der Waals surface area (Å²) in [6.45, 7) is 4.99. The first kappa shape index (κ1) is 10.2.